The fourth-order valence-electron chi connectivity index (χ4n) is 0.144. The molecule has 0 bridgehead atoms. The molecular weight excluding hydrogens is 251 g/mol. The molecule has 0 unspecified atom stereocenters. The maximum absolute atomic E-state index is 5.17. The van der Waals surface area contributed by atoms with Crippen LogP contribution in [0.25, 0.3) is 0 Å². The molecule has 0 spiro atoms. The third-order valence-corrected chi connectivity index (χ3v) is 2.40. The van der Waals surface area contributed by atoms with Gasteiger partial charge in [-0.2, -0.15) is 0 Å². The second kappa shape index (κ2) is 4.90. The van der Waals surface area contributed by atoms with E-state index in [9.17, 15) is 0 Å². The van der Waals surface area contributed by atoms with Gasteiger partial charge in [0.05, 0.1) is 0 Å². The summed E-state index contributed by atoms with van der Waals surface area (Å²) in [7, 11) is 0. The minimum atomic E-state index is 0.892. The van der Waals surface area contributed by atoms with Crippen LogP contribution in [0.15, 0.2) is 0 Å². The summed E-state index contributed by atoms with van der Waals surface area (Å²) in [6.07, 6.45) is 1.25. The Labute approximate surface area is 48.9 Å². The van der Waals surface area contributed by atoms with Gasteiger partial charge in [0.1, 0.15) is 0 Å². The number of hydrogen-bond acceptors (Lipinski definition) is 1. The van der Waals surface area contributed by atoms with E-state index in [0.29, 0.717) is 0 Å². The summed E-state index contributed by atoms with van der Waals surface area (Å²) in [5.41, 5.74) is 5.17. The van der Waals surface area contributed by atoms with E-state index < -0.39 is 0 Å². The summed E-state index contributed by atoms with van der Waals surface area (Å²) < 4.78 is 1.41. The Morgan fingerprint density at radius 3 is 2.20 bits per heavy atom. The maximum atomic E-state index is 5.17. The molecule has 0 rings (SSSR count). The van der Waals surface area contributed by atoms with Crippen molar-refractivity contribution >= 4 is 0 Å². The van der Waals surface area contributed by atoms with Crippen molar-refractivity contribution in [1.29, 1.82) is 0 Å². The zero-order chi connectivity index (χ0) is 4.12. The summed E-state index contributed by atoms with van der Waals surface area (Å²) in [6, 6.07) is 0. The molecule has 0 saturated heterocycles. The van der Waals surface area contributed by atoms with Crippen molar-refractivity contribution in [3.8, 4) is 0 Å². The second-order valence-electron chi connectivity index (χ2n) is 0.996. The molecule has 0 radical (unpaired) electrons. The summed E-state index contributed by atoms with van der Waals surface area (Å²) in [6.45, 7) is 0.892. The van der Waals surface area contributed by atoms with Crippen LogP contribution in [0.5, 0.6) is 0 Å². The normalized spacial score (nSPS) is 8.60. The molecule has 0 atom stereocenters. The van der Waals surface area contributed by atoms with Crippen LogP contribution in [0, 0.1) is 0 Å². The Kier molecular flexibility index (Phi) is 5.77. The molecule has 0 fully saturated rings. The van der Waals surface area contributed by atoms with Crippen LogP contribution >= 0.6 is 0 Å². The summed E-state index contributed by atoms with van der Waals surface area (Å²) in [5.74, 6) is 0. The van der Waals surface area contributed by atoms with Crippen LogP contribution in [0.4, 0.5) is 0 Å². The van der Waals surface area contributed by atoms with Gasteiger partial charge in [0.15, 0.2) is 0 Å². The Morgan fingerprint density at radius 1 is 1.60 bits per heavy atom. The molecule has 27 valence electrons. The number of nitrogens with two attached hydrogens (primary N) is 1. The van der Waals surface area contributed by atoms with Gasteiger partial charge in [-0.1, -0.05) is 0 Å². The molecule has 5 heavy (non-hydrogen) atoms. The Bertz CT molecular complexity index is 14.4. The van der Waals surface area contributed by atoms with Gasteiger partial charge in [-0.15, -0.1) is 0 Å². The molecule has 0 heterocycles. The molecule has 0 amide bonds. The monoisotopic (exact) mass is 260 g/mol. The molecule has 2 N–H and O–H groups in total. The Balaban J connectivity index is 2.19. The number of rotatable bonds is 2. The first-order chi connectivity index (χ1) is 2.41. The molecule has 0 aromatic rings. The van der Waals surface area contributed by atoms with Gasteiger partial charge < -0.3 is 0 Å². The fourth-order valence-corrected chi connectivity index (χ4v) is 1.27. The van der Waals surface area contributed by atoms with E-state index in [-0.39, 0.29) is 0 Å². The first-order valence-corrected chi connectivity index (χ1v) is 5.80. The van der Waals surface area contributed by atoms with E-state index >= 15 is 0 Å². The topological polar surface area (TPSA) is 26.0 Å². The van der Waals surface area contributed by atoms with E-state index in [1.54, 1.807) is 0 Å². The molecular formula is C3H8HgN. The minimum absolute atomic E-state index is 0.892. The van der Waals surface area contributed by atoms with Crippen LogP contribution in [0.2, 0.25) is 3.93 Å². The van der Waals surface area contributed by atoms with Gasteiger partial charge in [-0.25, -0.2) is 0 Å². The summed E-state index contributed by atoms with van der Waals surface area (Å²) >= 11 is 0.993. The third kappa shape index (κ3) is 4.90. The van der Waals surface area contributed by atoms with Gasteiger partial charge in [-0.05, 0) is 0 Å². The van der Waals surface area contributed by atoms with E-state index in [1.807, 2.05) is 0 Å². The molecule has 0 aliphatic carbocycles. The molecule has 2 heteroatoms. The SMILES string of the molecule is NCC[CH2][Hg]. The van der Waals surface area contributed by atoms with Gasteiger partial charge in [0.2, 0.25) is 0 Å². The van der Waals surface area contributed by atoms with Crippen molar-refractivity contribution < 1.29 is 26.1 Å². The molecule has 0 saturated carbocycles. The van der Waals surface area contributed by atoms with Gasteiger partial charge in [-0.3, -0.25) is 0 Å². The van der Waals surface area contributed by atoms with Crippen molar-refractivity contribution in [2.75, 3.05) is 6.54 Å². The van der Waals surface area contributed by atoms with Crippen LogP contribution in [-0.2, 0) is 26.1 Å². The molecule has 0 aromatic carbocycles. The van der Waals surface area contributed by atoms with E-state index in [4.69, 9.17) is 5.73 Å². The Hall–Kier alpha value is 0.895. The quantitative estimate of drug-likeness (QED) is 0.709. The second-order valence-corrected chi connectivity index (χ2v) is 3.74. The average molecular weight is 259 g/mol. The summed E-state index contributed by atoms with van der Waals surface area (Å²) in [4.78, 5) is 0. The van der Waals surface area contributed by atoms with Crippen molar-refractivity contribution in [2.45, 2.75) is 10.4 Å². The average Bonchev–Trinajstić information content (AvgIpc) is 1.41. The van der Waals surface area contributed by atoms with Crippen molar-refractivity contribution in [3.63, 3.8) is 0 Å². The molecule has 0 aliphatic heterocycles. The standard InChI is InChI=1S/C3H8N.Hg/c1-2-3-4;/h1-4H2;. The molecule has 0 aliphatic rings. The molecule has 0 aromatic heterocycles. The van der Waals surface area contributed by atoms with Crippen LogP contribution in [-0.4, -0.2) is 6.54 Å². The van der Waals surface area contributed by atoms with E-state index in [1.165, 1.54) is 10.4 Å². The van der Waals surface area contributed by atoms with Crippen molar-refractivity contribution in [3.05, 3.63) is 0 Å². The van der Waals surface area contributed by atoms with E-state index in [2.05, 4.69) is 0 Å². The van der Waals surface area contributed by atoms with Gasteiger partial charge in [0.25, 0.3) is 0 Å². The third-order valence-electron chi connectivity index (χ3n) is 0.454. The van der Waals surface area contributed by atoms with Crippen molar-refractivity contribution in [1.82, 2.24) is 0 Å². The van der Waals surface area contributed by atoms with Crippen LogP contribution in [0.1, 0.15) is 6.42 Å². The predicted molar refractivity (Wildman–Crippen MR) is 18.5 cm³/mol. The van der Waals surface area contributed by atoms with Gasteiger partial charge >= 0.3 is 48.8 Å². The Morgan fingerprint density at radius 2 is 2.20 bits per heavy atom. The van der Waals surface area contributed by atoms with Gasteiger partial charge in [0, 0.05) is 0 Å². The van der Waals surface area contributed by atoms with Crippen molar-refractivity contribution in [2.24, 2.45) is 5.73 Å². The zero-order valence-corrected chi connectivity index (χ0v) is 8.90. The summed E-state index contributed by atoms with van der Waals surface area (Å²) in [5, 5.41) is 0. The first-order valence-electron chi connectivity index (χ1n) is 1.91. The fraction of sp³-hybridized carbons (Fsp3) is 1.00. The van der Waals surface area contributed by atoms with Crippen LogP contribution in [0.3, 0.4) is 0 Å². The number of hydrogen-bond donors (Lipinski definition) is 1. The predicted octanol–water partition coefficient (Wildman–Crippen LogP) is 0.300. The van der Waals surface area contributed by atoms with Crippen LogP contribution < -0.4 is 5.73 Å². The van der Waals surface area contributed by atoms with E-state index in [0.717, 1.165) is 32.7 Å². The first kappa shape index (κ1) is 5.90. The zero-order valence-electron chi connectivity index (χ0n) is 3.41. The molecule has 1 nitrogen and oxygen atoms in total.